The summed E-state index contributed by atoms with van der Waals surface area (Å²) >= 11 is 0. The Morgan fingerprint density at radius 2 is 1.84 bits per heavy atom. The molecule has 1 saturated heterocycles. The lowest BCUT2D eigenvalue weighted by molar-refractivity contribution is -0.141. The zero-order chi connectivity index (χ0) is 22.9. The van der Waals surface area contributed by atoms with Crippen LogP contribution in [0.2, 0.25) is 0 Å². The van der Waals surface area contributed by atoms with E-state index in [0.29, 0.717) is 24.6 Å². The number of alkyl halides is 3. The first-order valence-electron chi connectivity index (χ1n) is 11.2. The Morgan fingerprint density at radius 3 is 2.47 bits per heavy atom. The van der Waals surface area contributed by atoms with Gasteiger partial charge in [0.2, 0.25) is 11.8 Å². The van der Waals surface area contributed by atoms with Crippen molar-refractivity contribution in [1.29, 1.82) is 5.26 Å². The Balaban J connectivity index is 1.54. The Hall–Kier alpha value is -2.76. The van der Waals surface area contributed by atoms with Crippen LogP contribution in [0.25, 0.3) is 0 Å². The van der Waals surface area contributed by atoms with E-state index in [1.54, 1.807) is 15.9 Å². The molecule has 2 saturated carbocycles. The highest BCUT2D eigenvalue weighted by Crippen LogP contribution is 2.35. The van der Waals surface area contributed by atoms with Gasteiger partial charge in [0.1, 0.15) is 6.04 Å². The van der Waals surface area contributed by atoms with Gasteiger partial charge < -0.3 is 15.1 Å². The number of carbonyl (C=O) groups excluding carboxylic acids is 2. The molecule has 0 radical (unpaired) electrons. The van der Waals surface area contributed by atoms with Crippen molar-refractivity contribution >= 4 is 17.5 Å². The van der Waals surface area contributed by atoms with Crippen LogP contribution < -0.4 is 10.2 Å². The molecule has 1 N–H and O–H groups in total. The minimum absolute atomic E-state index is 0.0525. The minimum atomic E-state index is -4.65. The Bertz CT molecular complexity index is 917. The average molecular weight is 448 g/mol. The lowest BCUT2D eigenvalue weighted by atomic mass is 10.0. The second-order valence-electron chi connectivity index (χ2n) is 9.03. The predicted molar refractivity (Wildman–Crippen MR) is 112 cm³/mol. The number of piperazine rings is 1. The van der Waals surface area contributed by atoms with E-state index in [4.69, 9.17) is 5.26 Å². The van der Waals surface area contributed by atoms with Gasteiger partial charge in [0.25, 0.3) is 0 Å². The first-order valence-corrected chi connectivity index (χ1v) is 11.2. The molecular weight excluding hydrogens is 421 g/mol. The lowest BCUT2D eigenvalue weighted by Crippen LogP contribution is -2.61. The van der Waals surface area contributed by atoms with Crippen LogP contribution in [0.4, 0.5) is 18.9 Å². The molecule has 1 heterocycles. The van der Waals surface area contributed by atoms with Gasteiger partial charge >= 0.3 is 6.18 Å². The van der Waals surface area contributed by atoms with Crippen molar-refractivity contribution in [2.45, 2.75) is 63.2 Å². The molecule has 3 aliphatic rings. The maximum Gasteiger partial charge on any atom is 0.417 e. The van der Waals surface area contributed by atoms with E-state index in [1.807, 2.05) is 0 Å². The number of anilines is 1. The molecule has 6 nitrogen and oxygen atoms in total. The number of carbonyl (C=O) groups is 2. The molecular formula is C23H27F3N4O2. The van der Waals surface area contributed by atoms with Crippen LogP contribution in [0, 0.1) is 17.2 Å². The summed E-state index contributed by atoms with van der Waals surface area (Å²) < 4.78 is 40.2. The quantitative estimate of drug-likeness (QED) is 0.749. The van der Waals surface area contributed by atoms with Gasteiger partial charge in [-0.05, 0) is 49.8 Å². The van der Waals surface area contributed by atoms with Crippen molar-refractivity contribution in [2.75, 3.05) is 24.5 Å². The lowest BCUT2D eigenvalue weighted by Gasteiger charge is -2.42. The maximum absolute atomic E-state index is 13.4. The zero-order valence-corrected chi connectivity index (χ0v) is 17.8. The molecule has 1 atom stereocenters. The number of nitrogens with zero attached hydrogens (tertiary/aromatic N) is 3. The van der Waals surface area contributed by atoms with Crippen LogP contribution >= 0.6 is 0 Å². The number of benzene rings is 1. The van der Waals surface area contributed by atoms with Crippen molar-refractivity contribution in [3.63, 3.8) is 0 Å². The summed E-state index contributed by atoms with van der Waals surface area (Å²) in [4.78, 5) is 29.3. The molecule has 2 aliphatic carbocycles. The molecule has 2 amide bonds. The van der Waals surface area contributed by atoms with Gasteiger partial charge in [0.05, 0.1) is 17.2 Å². The zero-order valence-electron chi connectivity index (χ0n) is 17.8. The van der Waals surface area contributed by atoms with Crippen LogP contribution in [0.5, 0.6) is 0 Å². The van der Waals surface area contributed by atoms with Crippen LogP contribution in [0.1, 0.15) is 56.1 Å². The fraction of sp³-hybridized carbons (Fsp3) is 0.609. The van der Waals surface area contributed by atoms with Gasteiger partial charge in [0, 0.05) is 37.8 Å². The Kier molecular flexibility index (Phi) is 6.31. The molecule has 172 valence electrons. The van der Waals surface area contributed by atoms with Crippen molar-refractivity contribution in [3.8, 4) is 6.07 Å². The molecule has 0 bridgehead atoms. The summed E-state index contributed by atoms with van der Waals surface area (Å²) in [5, 5.41) is 12.0. The highest BCUT2D eigenvalue weighted by atomic mass is 19.4. The molecule has 3 fully saturated rings. The SMILES string of the molecule is N#Cc1ccc(N2CCN(C(=O)CC3CCCC3)C(C(=O)NC3CC3)C2)cc1C(F)(F)F. The number of hydrogen-bond donors (Lipinski definition) is 1. The van der Waals surface area contributed by atoms with Crippen molar-refractivity contribution < 1.29 is 22.8 Å². The van der Waals surface area contributed by atoms with Gasteiger partial charge in [-0.3, -0.25) is 9.59 Å². The summed E-state index contributed by atoms with van der Waals surface area (Å²) in [5.41, 5.74) is -1.13. The van der Waals surface area contributed by atoms with Gasteiger partial charge in [-0.1, -0.05) is 12.8 Å². The fourth-order valence-corrected chi connectivity index (χ4v) is 4.71. The molecule has 0 spiro atoms. The number of nitriles is 1. The van der Waals surface area contributed by atoms with E-state index < -0.39 is 23.3 Å². The highest BCUT2D eigenvalue weighted by molar-refractivity contribution is 5.89. The largest absolute Gasteiger partial charge is 0.417 e. The predicted octanol–water partition coefficient (Wildman–Crippen LogP) is 3.45. The van der Waals surface area contributed by atoms with Crippen LogP contribution in [0.3, 0.4) is 0 Å². The van der Waals surface area contributed by atoms with Gasteiger partial charge in [0.15, 0.2) is 0 Å². The maximum atomic E-state index is 13.4. The van der Waals surface area contributed by atoms with Crippen LogP contribution in [-0.4, -0.2) is 48.4 Å². The molecule has 32 heavy (non-hydrogen) atoms. The van der Waals surface area contributed by atoms with E-state index in [2.05, 4.69) is 5.32 Å². The summed E-state index contributed by atoms with van der Waals surface area (Å²) in [6, 6.07) is 4.56. The smallest absolute Gasteiger partial charge is 0.367 e. The van der Waals surface area contributed by atoms with E-state index in [0.717, 1.165) is 50.7 Å². The highest BCUT2D eigenvalue weighted by Gasteiger charge is 2.39. The number of hydrogen-bond acceptors (Lipinski definition) is 4. The Labute approximate surface area is 185 Å². The second kappa shape index (κ2) is 9.00. The van der Waals surface area contributed by atoms with Gasteiger partial charge in [-0.2, -0.15) is 18.4 Å². The third kappa shape index (κ3) is 5.00. The van der Waals surface area contributed by atoms with E-state index in [9.17, 15) is 22.8 Å². The molecule has 1 aliphatic heterocycles. The first-order chi connectivity index (χ1) is 15.3. The molecule has 1 unspecified atom stereocenters. The van der Waals surface area contributed by atoms with E-state index in [1.165, 1.54) is 6.07 Å². The fourth-order valence-electron chi connectivity index (χ4n) is 4.71. The summed E-state index contributed by atoms with van der Waals surface area (Å²) in [6.07, 6.45) is 1.87. The van der Waals surface area contributed by atoms with Crippen molar-refractivity contribution in [1.82, 2.24) is 10.2 Å². The molecule has 1 aromatic rings. The second-order valence-corrected chi connectivity index (χ2v) is 9.03. The molecule has 9 heteroatoms. The number of nitrogens with one attached hydrogen (secondary N) is 1. The average Bonchev–Trinajstić information content (AvgIpc) is 3.44. The third-order valence-corrected chi connectivity index (χ3v) is 6.66. The van der Waals surface area contributed by atoms with Gasteiger partial charge in [-0.15, -0.1) is 0 Å². The van der Waals surface area contributed by atoms with E-state index in [-0.39, 0.29) is 30.9 Å². The number of rotatable bonds is 5. The standard InChI is InChI=1S/C23H27F3N4O2/c24-23(25,26)19-12-18(8-5-16(19)13-27)29-9-10-30(21(31)11-15-3-1-2-4-15)20(14-29)22(32)28-17-6-7-17/h5,8,12,15,17,20H,1-4,6-7,9-11,14H2,(H,28,32). The monoisotopic (exact) mass is 448 g/mol. The minimum Gasteiger partial charge on any atom is -0.367 e. The normalized spacial score (nSPS) is 22.0. The number of halogens is 3. The third-order valence-electron chi connectivity index (χ3n) is 6.66. The summed E-state index contributed by atoms with van der Waals surface area (Å²) in [5.74, 6) is 0.0468. The van der Waals surface area contributed by atoms with Crippen molar-refractivity contribution in [3.05, 3.63) is 29.3 Å². The van der Waals surface area contributed by atoms with Crippen LogP contribution in [0.15, 0.2) is 18.2 Å². The number of amides is 2. The first kappa shape index (κ1) is 22.4. The topological polar surface area (TPSA) is 76.4 Å². The molecule has 1 aromatic carbocycles. The van der Waals surface area contributed by atoms with Crippen LogP contribution in [-0.2, 0) is 15.8 Å². The molecule has 0 aromatic heterocycles. The summed E-state index contributed by atoms with van der Waals surface area (Å²) in [7, 11) is 0. The van der Waals surface area contributed by atoms with Crippen molar-refractivity contribution in [2.24, 2.45) is 5.92 Å². The van der Waals surface area contributed by atoms with Gasteiger partial charge in [-0.25, -0.2) is 0 Å². The van der Waals surface area contributed by atoms with E-state index >= 15 is 0 Å². The Morgan fingerprint density at radius 1 is 1.12 bits per heavy atom. The molecule has 4 rings (SSSR count). The summed E-state index contributed by atoms with van der Waals surface area (Å²) in [6.45, 7) is 0.723.